The number of urea groups is 1. The van der Waals surface area contributed by atoms with Gasteiger partial charge in [0, 0.05) is 6.54 Å². The molecular weight excluding hydrogens is 204 g/mol. The SMILES string of the molecule is O=C(O)CCNC(=O)NC1CCCS1. The molecule has 80 valence electrons. The maximum absolute atomic E-state index is 11.2. The molecule has 1 heterocycles. The van der Waals surface area contributed by atoms with Gasteiger partial charge in [-0.25, -0.2) is 4.79 Å². The number of carboxylic acid groups (broad SMARTS) is 1. The van der Waals surface area contributed by atoms with Gasteiger partial charge in [0.05, 0.1) is 11.8 Å². The predicted octanol–water partition coefficient (Wildman–Crippen LogP) is 0.613. The molecular formula is C8H14N2O3S. The Labute approximate surface area is 86.6 Å². The van der Waals surface area contributed by atoms with Crippen LogP contribution < -0.4 is 10.6 Å². The van der Waals surface area contributed by atoms with Gasteiger partial charge in [0.2, 0.25) is 0 Å². The van der Waals surface area contributed by atoms with Gasteiger partial charge in [0.1, 0.15) is 0 Å². The number of thioether (sulfide) groups is 1. The highest BCUT2D eigenvalue weighted by Gasteiger charge is 2.17. The minimum atomic E-state index is -0.902. The molecule has 1 rings (SSSR count). The van der Waals surface area contributed by atoms with Crippen LogP contribution >= 0.6 is 11.8 Å². The standard InChI is InChI=1S/C8H14N2O3S/c11-7(12)3-4-9-8(13)10-6-2-1-5-14-6/h6H,1-5H2,(H,11,12)(H2,9,10,13). The molecule has 0 aromatic heterocycles. The summed E-state index contributed by atoms with van der Waals surface area (Å²) < 4.78 is 0. The van der Waals surface area contributed by atoms with E-state index in [9.17, 15) is 9.59 Å². The van der Waals surface area contributed by atoms with Gasteiger partial charge in [-0.05, 0) is 18.6 Å². The van der Waals surface area contributed by atoms with Gasteiger partial charge in [-0.2, -0.15) is 0 Å². The fourth-order valence-corrected chi connectivity index (χ4v) is 2.31. The molecule has 1 aliphatic rings. The zero-order chi connectivity index (χ0) is 10.4. The fraction of sp³-hybridized carbons (Fsp3) is 0.750. The fourth-order valence-electron chi connectivity index (χ4n) is 1.17. The van der Waals surface area contributed by atoms with Crippen LogP contribution in [0.4, 0.5) is 4.79 Å². The van der Waals surface area contributed by atoms with Gasteiger partial charge in [-0.3, -0.25) is 4.79 Å². The van der Waals surface area contributed by atoms with Crippen molar-refractivity contribution in [3.63, 3.8) is 0 Å². The second-order valence-corrected chi connectivity index (χ2v) is 4.36. The molecule has 2 amide bonds. The number of aliphatic carboxylic acids is 1. The minimum Gasteiger partial charge on any atom is -0.481 e. The summed E-state index contributed by atoms with van der Waals surface area (Å²) in [6.07, 6.45) is 2.09. The molecule has 0 bridgehead atoms. The Morgan fingerprint density at radius 3 is 2.86 bits per heavy atom. The second kappa shape index (κ2) is 5.74. The summed E-state index contributed by atoms with van der Waals surface area (Å²) in [5, 5.41) is 13.8. The number of carbonyl (C=O) groups is 2. The van der Waals surface area contributed by atoms with Crippen molar-refractivity contribution >= 4 is 23.8 Å². The van der Waals surface area contributed by atoms with E-state index in [1.54, 1.807) is 11.8 Å². The lowest BCUT2D eigenvalue weighted by Gasteiger charge is -2.11. The zero-order valence-corrected chi connectivity index (χ0v) is 8.60. The van der Waals surface area contributed by atoms with Gasteiger partial charge in [-0.15, -0.1) is 11.8 Å². The highest BCUT2D eigenvalue weighted by atomic mass is 32.2. The normalized spacial score (nSPS) is 20.4. The second-order valence-electron chi connectivity index (χ2n) is 3.05. The van der Waals surface area contributed by atoms with E-state index < -0.39 is 5.97 Å². The van der Waals surface area contributed by atoms with Gasteiger partial charge in [0.15, 0.2) is 0 Å². The number of amides is 2. The van der Waals surface area contributed by atoms with Gasteiger partial charge >= 0.3 is 12.0 Å². The van der Waals surface area contributed by atoms with E-state index in [1.807, 2.05) is 0 Å². The van der Waals surface area contributed by atoms with Crippen LogP contribution in [0.15, 0.2) is 0 Å². The van der Waals surface area contributed by atoms with Crippen LogP contribution in [0.3, 0.4) is 0 Å². The first-order valence-corrected chi connectivity index (χ1v) is 5.61. The van der Waals surface area contributed by atoms with Crippen molar-refractivity contribution in [1.82, 2.24) is 10.6 Å². The van der Waals surface area contributed by atoms with Crippen LogP contribution in [-0.4, -0.2) is 34.8 Å². The van der Waals surface area contributed by atoms with Crippen LogP contribution in [-0.2, 0) is 4.79 Å². The molecule has 1 atom stereocenters. The molecule has 1 fully saturated rings. The first-order chi connectivity index (χ1) is 6.68. The molecule has 0 aromatic carbocycles. The Balaban J connectivity index is 2.06. The third-order valence-corrected chi connectivity index (χ3v) is 3.13. The molecule has 3 N–H and O–H groups in total. The van der Waals surface area contributed by atoms with Crippen LogP contribution in [0, 0.1) is 0 Å². The van der Waals surface area contributed by atoms with E-state index >= 15 is 0 Å². The van der Waals surface area contributed by atoms with E-state index in [1.165, 1.54) is 0 Å². The average Bonchev–Trinajstić information content (AvgIpc) is 2.56. The first-order valence-electron chi connectivity index (χ1n) is 4.56. The quantitative estimate of drug-likeness (QED) is 0.646. The van der Waals surface area contributed by atoms with E-state index in [0.29, 0.717) is 0 Å². The molecule has 0 aliphatic carbocycles. The summed E-state index contributed by atoms with van der Waals surface area (Å²) in [6.45, 7) is 0.179. The summed E-state index contributed by atoms with van der Waals surface area (Å²) in [7, 11) is 0. The molecule has 6 heteroatoms. The molecule has 0 aromatic rings. The molecule has 5 nitrogen and oxygen atoms in total. The van der Waals surface area contributed by atoms with Crippen LogP contribution in [0.1, 0.15) is 19.3 Å². The number of carboxylic acids is 1. The summed E-state index contributed by atoms with van der Waals surface area (Å²) in [4.78, 5) is 21.3. The largest absolute Gasteiger partial charge is 0.481 e. The van der Waals surface area contributed by atoms with Gasteiger partial charge < -0.3 is 15.7 Å². The third kappa shape index (κ3) is 4.36. The monoisotopic (exact) mass is 218 g/mol. The van der Waals surface area contributed by atoms with Crippen LogP contribution in [0.25, 0.3) is 0 Å². The molecule has 1 aliphatic heterocycles. The summed E-state index contributed by atoms with van der Waals surface area (Å²) in [5.41, 5.74) is 0. The van der Waals surface area contributed by atoms with Gasteiger partial charge in [-0.1, -0.05) is 0 Å². The lowest BCUT2D eigenvalue weighted by atomic mass is 10.3. The lowest BCUT2D eigenvalue weighted by Crippen LogP contribution is -2.40. The Kier molecular flexibility index (Phi) is 4.58. The molecule has 0 saturated carbocycles. The number of hydrogen-bond donors (Lipinski definition) is 3. The Hall–Kier alpha value is -0.910. The Morgan fingerprint density at radius 1 is 1.50 bits per heavy atom. The number of nitrogens with one attached hydrogen (secondary N) is 2. The van der Waals surface area contributed by atoms with E-state index in [0.717, 1.165) is 18.6 Å². The van der Waals surface area contributed by atoms with Crippen molar-refractivity contribution in [3.8, 4) is 0 Å². The topological polar surface area (TPSA) is 78.4 Å². The molecule has 1 saturated heterocycles. The van der Waals surface area contributed by atoms with Crippen LogP contribution in [0.5, 0.6) is 0 Å². The van der Waals surface area contributed by atoms with E-state index in [4.69, 9.17) is 5.11 Å². The minimum absolute atomic E-state index is 0.0365. The van der Waals surface area contributed by atoms with E-state index in [-0.39, 0.29) is 24.4 Å². The zero-order valence-electron chi connectivity index (χ0n) is 7.78. The molecule has 0 radical (unpaired) electrons. The smallest absolute Gasteiger partial charge is 0.315 e. The average molecular weight is 218 g/mol. The third-order valence-electron chi connectivity index (χ3n) is 1.85. The van der Waals surface area contributed by atoms with E-state index in [2.05, 4.69) is 10.6 Å². The van der Waals surface area contributed by atoms with Crippen molar-refractivity contribution in [2.24, 2.45) is 0 Å². The van der Waals surface area contributed by atoms with Crippen molar-refractivity contribution in [2.45, 2.75) is 24.6 Å². The highest BCUT2D eigenvalue weighted by Crippen LogP contribution is 2.23. The van der Waals surface area contributed by atoms with Crippen LogP contribution in [0.2, 0.25) is 0 Å². The molecule has 1 unspecified atom stereocenters. The van der Waals surface area contributed by atoms with Crippen molar-refractivity contribution < 1.29 is 14.7 Å². The summed E-state index contributed by atoms with van der Waals surface area (Å²) >= 11 is 1.72. The summed E-state index contributed by atoms with van der Waals surface area (Å²) in [5.74, 6) is 0.181. The predicted molar refractivity (Wildman–Crippen MR) is 54.3 cm³/mol. The first kappa shape index (κ1) is 11.2. The Morgan fingerprint density at radius 2 is 2.29 bits per heavy atom. The number of hydrogen-bond acceptors (Lipinski definition) is 3. The van der Waals surface area contributed by atoms with Gasteiger partial charge in [0.25, 0.3) is 0 Å². The van der Waals surface area contributed by atoms with Crippen molar-refractivity contribution in [1.29, 1.82) is 0 Å². The highest BCUT2D eigenvalue weighted by molar-refractivity contribution is 8.00. The molecule has 14 heavy (non-hydrogen) atoms. The number of carbonyl (C=O) groups excluding carboxylic acids is 1. The lowest BCUT2D eigenvalue weighted by molar-refractivity contribution is -0.136. The van der Waals surface area contributed by atoms with Crippen molar-refractivity contribution in [3.05, 3.63) is 0 Å². The maximum Gasteiger partial charge on any atom is 0.315 e. The van der Waals surface area contributed by atoms with Crippen molar-refractivity contribution in [2.75, 3.05) is 12.3 Å². The maximum atomic E-state index is 11.2. The Bertz CT molecular complexity index is 217. The molecule has 0 spiro atoms. The summed E-state index contributed by atoms with van der Waals surface area (Å²) in [6, 6.07) is -0.273. The number of rotatable bonds is 4.